The van der Waals surface area contributed by atoms with Crippen molar-refractivity contribution in [3.05, 3.63) is 111 Å². The molecule has 90 heavy (non-hydrogen) atoms. The number of rotatable bonds is 18. The molecule has 0 atom stereocenters. The molecule has 12 aromatic rings. The number of hydrogen-bond acceptors (Lipinski definition) is 32. The Morgan fingerprint density at radius 3 is 1.01 bits per heavy atom. The zero-order chi connectivity index (χ0) is 68.1. The molecule has 0 saturated carbocycles. The fraction of sp³-hybridized carbons (Fsp3) is 0.415. The Morgan fingerprint density at radius 1 is 0.444 bits per heavy atom. The molecule has 0 radical (unpaired) electrons. The number of tetrazole rings is 4. The first-order valence-corrected chi connectivity index (χ1v) is 28.3. The lowest BCUT2D eigenvalue weighted by Crippen LogP contribution is -2.28. The largest absolute Gasteiger partial charge is 0.506 e. The molecule has 0 unspecified atom stereocenters. The molecular weight excluding hydrogens is 1290 g/mol. The quantitative estimate of drug-likeness (QED) is 0.106. The summed E-state index contributed by atoms with van der Waals surface area (Å²) in [4.78, 5) is 63.0. The van der Waals surface area contributed by atoms with Gasteiger partial charge in [-0.25, -0.2) is 48.5 Å². The minimum absolute atomic E-state index is 0.00383. The third-order valence-electron chi connectivity index (χ3n) is 11.1. The summed E-state index contributed by atoms with van der Waals surface area (Å²) >= 11 is 4.42. The standard InChI is InChI=1S/C12H16N8O2S.C11H14N8O2S.C9H7F3N8O2S.C9H8F2N8O2S/c1-12(2,3)20-8(7-22-10-13-5-6-23-10)9(14-15-20)19-11(21)18(4)16-17-19;1-7(2)18-8(6-21-10-12-4-5-22-10)9(13-14-18)19-11(20)17(3)15-16-19;1-18-8(21)19(17-16-18)6-5(4-22-7-13-2-3-23-7)20(15-14-6)9(10,11)12;1-17-9(20)19(16-15-17)6-5(18(7(10)11)14-13-6)4-21-8-12-2-3-22-8/h5-6H,7H2,1-4H3;4-5,7H,6H2,1-3H3;2-3H,4H2,1H3;2-3,7H,4H2,1H3/i5T;4T;2*2T. The van der Waals surface area contributed by atoms with Crippen molar-refractivity contribution in [1.82, 2.24) is 159 Å². The van der Waals surface area contributed by atoms with Crippen molar-refractivity contribution in [2.75, 3.05) is 0 Å². The Hall–Kier alpha value is -10.6. The fourth-order valence-electron chi connectivity index (χ4n) is 6.98. The first kappa shape index (κ1) is 58.4. The molecule has 12 rings (SSSR count). The van der Waals surface area contributed by atoms with Gasteiger partial charge in [-0.1, -0.05) is 66.2 Å². The van der Waals surface area contributed by atoms with Gasteiger partial charge in [0.15, 0.2) is 0 Å². The van der Waals surface area contributed by atoms with E-state index in [-0.39, 0.29) is 94.3 Å². The van der Waals surface area contributed by atoms with Crippen molar-refractivity contribution in [2.24, 2.45) is 28.2 Å². The van der Waals surface area contributed by atoms with Crippen molar-refractivity contribution in [2.45, 2.75) is 85.5 Å². The number of ether oxygens (including phenoxy) is 4. The number of thiazole rings is 4. The van der Waals surface area contributed by atoms with Crippen molar-refractivity contribution >= 4 is 45.3 Å². The van der Waals surface area contributed by atoms with E-state index in [1.165, 1.54) is 61.6 Å². The van der Waals surface area contributed by atoms with Crippen LogP contribution >= 0.6 is 45.3 Å². The highest BCUT2D eigenvalue weighted by atomic mass is 32.1. The van der Waals surface area contributed by atoms with Crippen LogP contribution in [-0.4, -0.2) is 159 Å². The summed E-state index contributed by atoms with van der Waals surface area (Å²) in [6.07, 6.45) is -4.67. The summed E-state index contributed by atoms with van der Waals surface area (Å²) in [6, 6.07) is 0.0188. The molecular formula is C41H45F5N32O8S4. The van der Waals surface area contributed by atoms with Gasteiger partial charge in [0, 0.05) is 80.4 Å². The van der Waals surface area contributed by atoms with Crippen LogP contribution in [-0.2, 0) is 66.5 Å². The van der Waals surface area contributed by atoms with E-state index < -0.39 is 53.7 Å². The van der Waals surface area contributed by atoms with Crippen LogP contribution < -0.4 is 41.7 Å². The molecule has 0 aromatic carbocycles. The summed E-state index contributed by atoms with van der Waals surface area (Å²) in [7, 11) is 5.63. The Kier molecular flexibility index (Phi) is 17.7. The molecule has 0 saturated heterocycles. The topological polar surface area (TPSA) is 422 Å². The van der Waals surface area contributed by atoms with Gasteiger partial charge in [-0.2, -0.15) is 32.2 Å². The molecule has 12 aromatic heterocycles. The molecule has 0 aliphatic carbocycles. The smallest absolute Gasteiger partial charge is 0.463 e. The van der Waals surface area contributed by atoms with Crippen LogP contribution in [0.4, 0.5) is 22.0 Å². The highest BCUT2D eigenvalue weighted by molar-refractivity contribution is 7.12. The van der Waals surface area contributed by atoms with Crippen molar-refractivity contribution in [1.29, 1.82) is 0 Å². The zero-order valence-electron chi connectivity index (χ0n) is 51.4. The average Bonchev–Trinajstić information content (AvgIpc) is 1.66. The van der Waals surface area contributed by atoms with E-state index in [1.807, 2.05) is 34.6 Å². The average molecular weight is 1350 g/mol. The third kappa shape index (κ3) is 14.4. The fourth-order valence-corrected chi connectivity index (χ4v) is 8.74. The number of nitrogens with zero attached hydrogens (tertiary/aromatic N) is 32. The monoisotopic (exact) mass is 1340 g/mol. The Balaban J connectivity index is 0.000000148. The molecule has 49 heteroatoms. The van der Waals surface area contributed by atoms with Crippen LogP contribution in [0.5, 0.6) is 20.8 Å². The van der Waals surface area contributed by atoms with E-state index in [0.29, 0.717) is 31.1 Å². The lowest BCUT2D eigenvalue weighted by molar-refractivity contribution is -0.215. The Bertz CT molecular complexity index is 4500. The molecule has 12 heterocycles. The number of aryl methyl sites for hydroxylation is 4. The molecule has 0 aliphatic rings. The lowest BCUT2D eigenvalue weighted by Gasteiger charge is -2.21. The predicted octanol–water partition coefficient (Wildman–Crippen LogP) is 0.579. The Morgan fingerprint density at radius 2 is 0.733 bits per heavy atom. The minimum Gasteiger partial charge on any atom is -0.463 e. The number of hydrogen-bond donors (Lipinski definition) is 0. The van der Waals surface area contributed by atoms with Gasteiger partial charge < -0.3 is 18.9 Å². The van der Waals surface area contributed by atoms with Gasteiger partial charge in [-0.05, 0) is 76.3 Å². The number of alkyl halides is 5. The van der Waals surface area contributed by atoms with Gasteiger partial charge in [-0.3, -0.25) is 0 Å². The summed E-state index contributed by atoms with van der Waals surface area (Å²) in [5.41, 5.74) is -2.31. The summed E-state index contributed by atoms with van der Waals surface area (Å²) < 4.78 is 127. The molecule has 0 aliphatic heterocycles. The van der Waals surface area contributed by atoms with Crippen molar-refractivity contribution in [3.63, 3.8) is 0 Å². The van der Waals surface area contributed by atoms with Crippen LogP contribution in [0.15, 0.2) is 65.4 Å². The maximum absolute atomic E-state index is 13.0. The first-order valence-electron chi connectivity index (χ1n) is 26.8. The molecule has 0 amide bonds. The van der Waals surface area contributed by atoms with Crippen LogP contribution in [0, 0.1) is 0 Å². The maximum atomic E-state index is 13.0. The SMILES string of the molecule is [3H]c1csc(OCc2c(-n3nnn(C)c3=O)nnn2C(C)(C)C)n1.[3H]c1csc(OCc2c(-n3nnn(C)c3=O)nnn2C(C)C)n1.[3H]c1csc(OCc2c(-n3nnn(C)c3=O)nnn2C(F)(F)F)n1.[3H]c1csc(OCc2c(-n3nnn(C)c3=O)nnn2C(F)F)n1. The van der Waals surface area contributed by atoms with Crippen LogP contribution in [0.3, 0.4) is 0 Å². The molecule has 0 spiro atoms. The van der Waals surface area contributed by atoms with E-state index in [9.17, 15) is 41.1 Å². The second kappa shape index (κ2) is 27.2. The van der Waals surface area contributed by atoms with Gasteiger partial charge in [0.25, 0.3) is 20.8 Å². The van der Waals surface area contributed by atoms with Crippen LogP contribution in [0.25, 0.3) is 23.3 Å². The van der Waals surface area contributed by atoms with E-state index in [4.69, 9.17) is 24.4 Å². The third-order valence-corrected chi connectivity index (χ3v) is 13.6. The second-order valence-corrected chi connectivity index (χ2v) is 21.8. The lowest BCUT2D eigenvalue weighted by atomic mass is 10.1. The van der Waals surface area contributed by atoms with Gasteiger partial charge in [0.05, 0.1) is 11.0 Å². The van der Waals surface area contributed by atoms with Crippen molar-refractivity contribution < 1.29 is 46.4 Å². The van der Waals surface area contributed by atoms with Gasteiger partial charge in [0.2, 0.25) is 23.3 Å². The van der Waals surface area contributed by atoms with E-state index >= 15 is 0 Å². The number of halogens is 5. The van der Waals surface area contributed by atoms with Crippen LogP contribution in [0.2, 0.25) is 0 Å². The molecule has 0 fully saturated rings. The normalized spacial score (nSPS) is 12.2. The minimum atomic E-state index is -4.88. The summed E-state index contributed by atoms with van der Waals surface area (Å²) in [6.45, 7) is 5.91. The highest BCUT2D eigenvalue weighted by Gasteiger charge is 2.38. The van der Waals surface area contributed by atoms with E-state index in [0.717, 1.165) is 55.4 Å². The van der Waals surface area contributed by atoms with Gasteiger partial charge >= 0.3 is 35.6 Å². The molecule has 40 nitrogen and oxygen atoms in total. The summed E-state index contributed by atoms with van der Waals surface area (Å²) in [5, 5.41) is 65.1. The highest BCUT2D eigenvalue weighted by Crippen LogP contribution is 2.28. The first-order chi connectivity index (χ1) is 44.5. The number of aromatic nitrogens is 32. The molecule has 476 valence electrons. The Labute approximate surface area is 517 Å². The predicted molar refractivity (Wildman–Crippen MR) is 294 cm³/mol. The zero-order valence-corrected chi connectivity index (χ0v) is 50.7. The summed E-state index contributed by atoms with van der Waals surface area (Å²) in [5.74, 6) is -0.163. The second-order valence-electron chi connectivity index (χ2n) is 18.5. The van der Waals surface area contributed by atoms with E-state index in [1.54, 1.807) is 20.1 Å². The molecule has 0 bridgehead atoms. The molecule has 0 N–H and O–H groups in total. The van der Waals surface area contributed by atoms with E-state index in [2.05, 4.69) is 103 Å². The maximum Gasteiger partial charge on any atom is 0.506 e. The van der Waals surface area contributed by atoms with Gasteiger partial charge in [0.1, 0.15) is 49.2 Å². The van der Waals surface area contributed by atoms with Gasteiger partial charge in [-0.15, -0.1) is 57.0 Å². The van der Waals surface area contributed by atoms with Crippen molar-refractivity contribution in [3.8, 4) is 44.0 Å². The van der Waals surface area contributed by atoms with Crippen LogP contribution in [0.1, 0.15) is 75.5 Å².